The molecule has 0 spiro atoms. The second-order valence-corrected chi connectivity index (χ2v) is 5.59. The Balaban J connectivity index is 1.81. The average Bonchev–Trinajstić information content (AvgIpc) is 2.47. The highest BCUT2D eigenvalue weighted by atomic mass is 79.9. The van der Waals surface area contributed by atoms with Crippen molar-refractivity contribution in [3.63, 3.8) is 0 Å². The monoisotopic (exact) mass is 353 g/mol. The maximum Gasteiger partial charge on any atom is 0.165 e. The molecule has 0 bridgehead atoms. The van der Waals surface area contributed by atoms with Crippen LogP contribution in [-0.2, 0) is 0 Å². The molecule has 1 atom stereocenters. The largest absolute Gasteiger partial charge is 0.488 e. The molecule has 1 unspecified atom stereocenters. The van der Waals surface area contributed by atoms with Crippen LogP contribution in [0.1, 0.15) is 5.56 Å². The number of hydrogen-bond donors (Lipinski definition) is 2. The number of halogens is 2. The van der Waals surface area contributed by atoms with Crippen molar-refractivity contribution in [1.29, 1.82) is 0 Å². The molecule has 21 heavy (non-hydrogen) atoms. The van der Waals surface area contributed by atoms with Gasteiger partial charge in [-0.15, -0.1) is 0 Å². The van der Waals surface area contributed by atoms with Crippen molar-refractivity contribution in [2.75, 3.05) is 18.5 Å². The predicted octanol–water partition coefficient (Wildman–Crippen LogP) is 3.75. The van der Waals surface area contributed by atoms with E-state index in [0.29, 0.717) is 6.54 Å². The van der Waals surface area contributed by atoms with Crippen LogP contribution in [-0.4, -0.2) is 24.4 Å². The van der Waals surface area contributed by atoms with Crippen LogP contribution in [0, 0.1) is 12.7 Å². The minimum atomic E-state index is -0.728. The normalized spacial score (nSPS) is 12.0. The van der Waals surface area contributed by atoms with Gasteiger partial charge in [0.25, 0.3) is 0 Å². The molecule has 0 aliphatic heterocycles. The highest BCUT2D eigenvalue weighted by molar-refractivity contribution is 9.10. The Morgan fingerprint density at radius 1 is 1.29 bits per heavy atom. The van der Waals surface area contributed by atoms with Gasteiger partial charge >= 0.3 is 0 Å². The summed E-state index contributed by atoms with van der Waals surface area (Å²) in [5, 5.41) is 13.0. The molecule has 0 aromatic heterocycles. The third-order valence-electron chi connectivity index (χ3n) is 2.97. The number of para-hydroxylation sites is 1. The lowest BCUT2D eigenvalue weighted by molar-refractivity contribution is 0.115. The van der Waals surface area contributed by atoms with Gasteiger partial charge in [0.05, 0.1) is 0 Å². The fourth-order valence-electron chi connectivity index (χ4n) is 1.80. The summed E-state index contributed by atoms with van der Waals surface area (Å²) in [6.07, 6.45) is -0.728. The van der Waals surface area contributed by atoms with Crippen molar-refractivity contribution in [1.82, 2.24) is 0 Å². The number of nitrogens with one attached hydrogen (secondary N) is 1. The molecule has 0 heterocycles. The molecular weight excluding hydrogens is 337 g/mol. The Hall–Kier alpha value is -1.59. The number of anilines is 1. The quantitative estimate of drug-likeness (QED) is 0.830. The van der Waals surface area contributed by atoms with Crippen molar-refractivity contribution in [2.45, 2.75) is 13.0 Å². The van der Waals surface area contributed by atoms with Gasteiger partial charge in [-0.1, -0.05) is 28.1 Å². The number of benzene rings is 2. The summed E-state index contributed by atoms with van der Waals surface area (Å²) in [5.41, 5.74) is 2.03. The molecule has 5 heteroatoms. The Kier molecular flexibility index (Phi) is 5.59. The average molecular weight is 354 g/mol. The van der Waals surface area contributed by atoms with Crippen molar-refractivity contribution >= 4 is 21.6 Å². The Bertz CT molecular complexity index is 607. The van der Waals surface area contributed by atoms with E-state index in [9.17, 15) is 9.50 Å². The standard InChI is InChI=1S/C16H17BrFNO2/c1-11-8-12(6-7-14(11)17)19-9-13(20)10-21-16-5-3-2-4-15(16)18/h2-8,13,19-20H,9-10H2,1H3. The molecule has 0 aliphatic rings. The van der Waals surface area contributed by atoms with E-state index >= 15 is 0 Å². The number of aliphatic hydroxyl groups excluding tert-OH is 1. The van der Waals surface area contributed by atoms with Gasteiger partial charge in [0.2, 0.25) is 0 Å². The van der Waals surface area contributed by atoms with E-state index in [1.807, 2.05) is 25.1 Å². The fraction of sp³-hybridized carbons (Fsp3) is 0.250. The van der Waals surface area contributed by atoms with Crippen molar-refractivity contribution < 1.29 is 14.2 Å². The highest BCUT2D eigenvalue weighted by Gasteiger charge is 2.08. The second kappa shape index (κ2) is 7.43. The van der Waals surface area contributed by atoms with Crippen LogP contribution in [0.15, 0.2) is 46.9 Å². The summed E-state index contributed by atoms with van der Waals surface area (Å²) in [7, 11) is 0. The van der Waals surface area contributed by atoms with Crippen LogP contribution < -0.4 is 10.1 Å². The molecule has 2 N–H and O–H groups in total. The van der Waals surface area contributed by atoms with Crippen molar-refractivity contribution in [2.24, 2.45) is 0 Å². The highest BCUT2D eigenvalue weighted by Crippen LogP contribution is 2.20. The molecular formula is C16H17BrFNO2. The van der Waals surface area contributed by atoms with E-state index < -0.39 is 11.9 Å². The third kappa shape index (κ3) is 4.72. The summed E-state index contributed by atoms with van der Waals surface area (Å²) in [4.78, 5) is 0. The molecule has 0 aliphatic carbocycles. The van der Waals surface area contributed by atoms with Gasteiger partial charge in [-0.05, 0) is 42.8 Å². The zero-order valence-corrected chi connectivity index (χ0v) is 13.2. The lowest BCUT2D eigenvalue weighted by Gasteiger charge is -2.15. The minimum Gasteiger partial charge on any atom is -0.488 e. The first kappa shape index (κ1) is 15.8. The summed E-state index contributed by atoms with van der Waals surface area (Å²) >= 11 is 3.43. The van der Waals surface area contributed by atoms with Gasteiger partial charge in [-0.3, -0.25) is 0 Å². The van der Waals surface area contributed by atoms with Gasteiger partial charge in [-0.2, -0.15) is 0 Å². The van der Waals surface area contributed by atoms with Crippen molar-refractivity contribution in [3.8, 4) is 5.75 Å². The first-order chi connectivity index (χ1) is 10.1. The Morgan fingerprint density at radius 2 is 2.05 bits per heavy atom. The van der Waals surface area contributed by atoms with E-state index in [2.05, 4.69) is 21.2 Å². The SMILES string of the molecule is Cc1cc(NCC(O)COc2ccccc2F)ccc1Br. The van der Waals surface area contributed by atoms with E-state index in [-0.39, 0.29) is 12.4 Å². The second-order valence-electron chi connectivity index (χ2n) is 4.74. The molecule has 0 saturated heterocycles. The van der Waals surface area contributed by atoms with Crippen LogP contribution in [0.2, 0.25) is 0 Å². The molecule has 0 fully saturated rings. The van der Waals surface area contributed by atoms with Crippen molar-refractivity contribution in [3.05, 3.63) is 58.3 Å². The zero-order chi connectivity index (χ0) is 15.2. The van der Waals surface area contributed by atoms with Gasteiger partial charge in [0.1, 0.15) is 12.7 Å². The number of ether oxygens (including phenoxy) is 1. The summed E-state index contributed by atoms with van der Waals surface area (Å²) in [6, 6.07) is 12.0. The van der Waals surface area contributed by atoms with Gasteiger partial charge in [0, 0.05) is 16.7 Å². The van der Waals surface area contributed by atoms with Gasteiger partial charge in [0.15, 0.2) is 11.6 Å². The first-order valence-corrected chi connectivity index (χ1v) is 7.41. The smallest absolute Gasteiger partial charge is 0.165 e. The molecule has 2 rings (SSSR count). The van der Waals surface area contributed by atoms with E-state index in [4.69, 9.17) is 4.74 Å². The van der Waals surface area contributed by atoms with Crippen LogP contribution >= 0.6 is 15.9 Å². The summed E-state index contributed by atoms with van der Waals surface area (Å²) < 4.78 is 19.6. The molecule has 112 valence electrons. The summed E-state index contributed by atoms with van der Waals surface area (Å²) in [6.45, 7) is 2.35. The maximum absolute atomic E-state index is 13.3. The Morgan fingerprint density at radius 3 is 2.76 bits per heavy atom. The number of rotatable bonds is 6. The number of hydrogen-bond acceptors (Lipinski definition) is 3. The molecule has 2 aromatic carbocycles. The predicted molar refractivity (Wildman–Crippen MR) is 85.3 cm³/mol. The number of aryl methyl sites for hydroxylation is 1. The van der Waals surface area contributed by atoms with E-state index in [1.54, 1.807) is 12.1 Å². The van der Waals surface area contributed by atoms with Crippen LogP contribution in [0.5, 0.6) is 5.75 Å². The molecule has 3 nitrogen and oxygen atoms in total. The van der Waals surface area contributed by atoms with Gasteiger partial charge < -0.3 is 15.2 Å². The molecule has 0 saturated carbocycles. The topological polar surface area (TPSA) is 41.5 Å². The lowest BCUT2D eigenvalue weighted by Crippen LogP contribution is -2.26. The van der Waals surface area contributed by atoms with Crippen LogP contribution in [0.3, 0.4) is 0 Å². The minimum absolute atomic E-state index is 0.0312. The Labute approximate surface area is 131 Å². The maximum atomic E-state index is 13.3. The molecule has 0 amide bonds. The third-order valence-corrected chi connectivity index (χ3v) is 3.86. The number of aliphatic hydroxyl groups is 1. The van der Waals surface area contributed by atoms with E-state index in [0.717, 1.165) is 15.7 Å². The lowest BCUT2D eigenvalue weighted by atomic mass is 10.2. The van der Waals surface area contributed by atoms with Crippen LogP contribution in [0.4, 0.5) is 10.1 Å². The van der Waals surface area contributed by atoms with Gasteiger partial charge in [-0.25, -0.2) is 4.39 Å². The van der Waals surface area contributed by atoms with Crippen LogP contribution in [0.25, 0.3) is 0 Å². The summed E-state index contributed by atoms with van der Waals surface area (Å²) in [5.74, 6) is -0.280. The fourth-order valence-corrected chi connectivity index (χ4v) is 2.04. The molecule has 0 radical (unpaired) electrons. The first-order valence-electron chi connectivity index (χ1n) is 6.61. The molecule has 2 aromatic rings. The van der Waals surface area contributed by atoms with E-state index in [1.165, 1.54) is 12.1 Å². The zero-order valence-electron chi connectivity index (χ0n) is 11.6.